The van der Waals surface area contributed by atoms with Crippen molar-refractivity contribution in [3.8, 4) is 6.07 Å². The second-order valence-corrected chi connectivity index (χ2v) is 10.4. The van der Waals surface area contributed by atoms with Crippen molar-refractivity contribution in [2.24, 2.45) is 0 Å². The first kappa shape index (κ1) is 23.2. The van der Waals surface area contributed by atoms with Crippen LogP contribution in [0.15, 0.2) is 53.6 Å². The van der Waals surface area contributed by atoms with Crippen LogP contribution >= 0.6 is 0 Å². The molecule has 8 heteroatoms. The smallest absolute Gasteiger partial charge is 0.243 e. The standard InChI is InChI=1S/C25H28N4O3S/c1-19-8-9-20(2)25(16-19)33(31,32)29-14-12-27(13-15-29)18-24(30)22-17-28(11-5-10-26)23-7-4-3-6-21(22)23/h3-4,6-9,16-17H,5,11-15,18H2,1-2H3. The van der Waals surface area contributed by atoms with Crippen LogP contribution in [0.25, 0.3) is 10.9 Å². The number of para-hydroxylation sites is 1. The normalized spacial score (nSPS) is 15.5. The van der Waals surface area contributed by atoms with Gasteiger partial charge in [0.2, 0.25) is 10.0 Å². The third-order valence-electron chi connectivity index (χ3n) is 6.21. The lowest BCUT2D eigenvalue weighted by molar-refractivity contribution is 0.0903. The number of ketones is 1. The van der Waals surface area contributed by atoms with Crippen molar-refractivity contribution < 1.29 is 13.2 Å². The average Bonchev–Trinajstić information content (AvgIpc) is 3.18. The number of aryl methyl sites for hydroxylation is 3. The molecular formula is C25H28N4O3S. The van der Waals surface area contributed by atoms with E-state index in [4.69, 9.17) is 5.26 Å². The van der Waals surface area contributed by atoms with E-state index >= 15 is 0 Å². The molecule has 0 saturated carbocycles. The van der Waals surface area contributed by atoms with E-state index in [2.05, 4.69) is 6.07 Å². The Morgan fingerprint density at radius 1 is 1.06 bits per heavy atom. The summed E-state index contributed by atoms with van der Waals surface area (Å²) in [5.74, 6) is 0.00717. The van der Waals surface area contributed by atoms with Crippen molar-refractivity contribution in [1.82, 2.24) is 13.8 Å². The summed E-state index contributed by atoms with van der Waals surface area (Å²) >= 11 is 0. The molecule has 1 aromatic heterocycles. The van der Waals surface area contributed by atoms with Crippen LogP contribution in [0.1, 0.15) is 27.9 Å². The zero-order valence-electron chi connectivity index (χ0n) is 19.0. The minimum Gasteiger partial charge on any atom is -0.346 e. The molecule has 1 aliphatic heterocycles. The number of sulfonamides is 1. The maximum Gasteiger partial charge on any atom is 0.243 e. The number of carbonyl (C=O) groups excluding carboxylic acids is 1. The van der Waals surface area contributed by atoms with E-state index in [0.29, 0.717) is 49.6 Å². The summed E-state index contributed by atoms with van der Waals surface area (Å²) in [7, 11) is -3.56. The van der Waals surface area contributed by atoms with Gasteiger partial charge in [-0.3, -0.25) is 9.69 Å². The summed E-state index contributed by atoms with van der Waals surface area (Å²) in [6.45, 7) is 6.20. The maximum atomic E-state index is 13.2. The Bertz CT molecular complexity index is 1330. The zero-order chi connectivity index (χ0) is 23.6. The molecule has 1 fully saturated rings. The predicted octanol–water partition coefficient (Wildman–Crippen LogP) is 3.36. The van der Waals surface area contributed by atoms with Gasteiger partial charge in [0.15, 0.2) is 5.78 Å². The van der Waals surface area contributed by atoms with Gasteiger partial charge in [-0.05, 0) is 37.1 Å². The monoisotopic (exact) mass is 464 g/mol. The molecule has 1 aliphatic rings. The first-order valence-electron chi connectivity index (χ1n) is 11.1. The SMILES string of the molecule is Cc1ccc(C)c(S(=O)(=O)N2CCN(CC(=O)c3cn(CCC#N)c4ccccc34)CC2)c1. The Morgan fingerprint density at radius 2 is 1.79 bits per heavy atom. The highest BCUT2D eigenvalue weighted by molar-refractivity contribution is 7.89. The van der Waals surface area contributed by atoms with E-state index in [0.717, 1.165) is 22.0 Å². The van der Waals surface area contributed by atoms with Crippen molar-refractivity contribution in [3.63, 3.8) is 0 Å². The molecule has 0 bridgehead atoms. The lowest BCUT2D eigenvalue weighted by Gasteiger charge is -2.33. The van der Waals surface area contributed by atoms with Gasteiger partial charge >= 0.3 is 0 Å². The molecule has 0 unspecified atom stereocenters. The van der Waals surface area contributed by atoms with Crippen LogP contribution in [-0.2, 0) is 16.6 Å². The summed E-state index contributed by atoms with van der Waals surface area (Å²) in [5.41, 5.74) is 3.25. The molecule has 33 heavy (non-hydrogen) atoms. The Balaban J connectivity index is 1.45. The molecule has 1 saturated heterocycles. The molecule has 172 valence electrons. The van der Waals surface area contributed by atoms with E-state index in [1.54, 1.807) is 6.07 Å². The first-order chi connectivity index (χ1) is 15.8. The zero-order valence-corrected chi connectivity index (χ0v) is 19.8. The molecule has 0 atom stereocenters. The van der Waals surface area contributed by atoms with Gasteiger partial charge in [-0.1, -0.05) is 30.3 Å². The number of rotatable bonds is 7. The second kappa shape index (κ2) is 9.48. The maximum absolute atomic E-state index is 13.2. The Labute approximate surface area is 194 Å². The Kier molecular flexibility index (Phi) is 6.66. The Hall–Kier alpha value is -2.99. The number of carbonyl (C=O) groups is 1. The summed E-state index contributed by atoms with van der Waals surface area (Å²) in [5, 5.41) is 9.81. The van der Waals surface area contributed by atoms with Crippen LogP contribution < -0.4 is 0 Å². The highest BCUT2D eigenvalue weighted by atomic mass is 32.2. The van der Waals surface area contributed by atoms with E-state index in [1.165, 1.54) is 4.31 Å². The molecule has 0 amide bonds. The number of fused-ring (bicyclic) bond motifs is 1. The third-order valence-corrected chi connectivity index (χ3v) is 8.25. The minimum atomic E-state index is -3.56. The van der Waals surface area contributed by atoms with E-state index in [1.807, 2.05) is 65.9 Å². The van der Waals surface area contributed by atoms with E-state index < -0.39 is 10.0 Å². The van der Waals surface area contributed by atoms with Gasteiger partial charge in [0.1, 0.15) is 0 Å². The molecule has 0 aliphatic carbocycles. The number of nitriles is 1. The lowest BCUT2D eigenvalue weighted by Crippen LogP contribution is -2.49. The molecule has 7 nitrogen and oxygen atoms in total. The fraction of sp³-hybridized carbons (Fsp3) is 0.360. The fourth-order valence-corrected chi connectivity index (χ4v) is 6.10. The molecule has 0 N–H and O–H groups in total. The van der Waals surface area contributed by atoms with E-state index in [9.17, 15) is 13.2 Å². The number of aromatic nitrogens is 1. The van der Waals surface area contributed by atoms with Crippen molar-refractivity contribution in [1.29, 1.82) is 5.26 Å². The molecule has 2 aromatic carbocycles. The number of nitrogens with zero attached hydrogens (tertiary/aromatic N) is 4. The number of hydrogen-bond acceptors (Lipinski definition) is 5. The van der Waals surface area contributed by atoms with E-state index in [-0.39, 0.29) is 12.3 Å². The summed E-state index contributed by atoms with van der Waals surface area (Å²) in [6, 6.07) is 15.3. The van der Waals surface area contributed by atoms with Gasteiger partial charge in [0, 0.05) is 55.4 Å². The number of hydrogen-bond donors (Lipinski definition) is 0. The number of Topliss-reactive ketones (excluding diaryl/α,β-unsaturated/α-hetero) is 1. The average molecular weight is 465 g/mol. The molecule has 0 radical (unpaired) electrons. The van der Waals surface area contributed by atoms with Crippen molar-refractivity contribution in [2.45, 2.75) is 31.7 Å². The van der Waals surface area contributed by atoms with Crippen molar-refractivity contribution in [3.05, 3.63) is 65.4 Å². The van der Waals surface area contributed by atoms with Crippen LogP contribution in [0.2, 0.25) is 0 Å². The lowest BCUT2D eigenvalue weighted by atomic mass is 10.1. The highest BCUT2D eigenvalue weighted by Crippen LogP contribution is 2.24. The van der Waals surface area contributed by atoms with Crippen molar-refractivity contribution >= 4 is 26.7 Å². The van der Waals surface area contributed by atoms with Gasteiger partial charge in [0.05, 0.1) is 23.9 Å². The molecule has 2 heterocycles. The number of piperazine rings is 1. The van der Waals surface area contributed by atoms with Crippen LogP contribution in [-0.4, -0.2) is 60.7 Å². The van der Waals surface area contributed by atoms with Crippen LogP contribution in [0.5, 0.6) is 0 Å². The summed E-state index contributed by atoms with van der Waals surface area (Å²) < 4.78 is 29.8. The highest BCUT2D eigenvalue weighted by Gasteiger charge is 2.30. The quantitative estimate of drug-likeness (QED) is 0.501. The van der Waals surface area contributed by atoms with Gasteiger partial charge in [-0.2, -0.15) is 9.57 Å². The molecule has 4 rings (SSSR count). The van der Waals surface area contributed by atoms with Crippen LogP contribution in [0, 0.1) is 25.2 Å². The largest absolute Gasteiger partial charge is 0.346 e. The summed E-state index contributed by atoms with van der Waals surface area (Å²) in [6.07, 6.45) is 2.22. The molecule has 3 aromatic rings. The van der Waals surface area contributed by atoms with Gasteiger partial charge < -0.3 is 4.57 Å². The minimum absolute atomic E-state index is 0.00717. The topological polar surface area (TPSA) is 86.4 Å². The van der Waals surface area contributed by atoms with Crippen molar-refractivity contribution in [2.75, 3.05) is 32.7 Å². The van der Waals surface area contributed by atoms with Gasteiger partial charge in [-0.15, -0.1) is 0 Å². The summed E-state index contributed by atoms with van der Waals surface area (Å²) in [4.78, 5) is 15.5. The predicted molar refractivity (Wildman–Crippen MR) is 128 cm³/mol. The number of benzene rings is 2. The van der Waals surface area contributed by atoms with Gasteiger partial charge in [0.25, 0.3) is 0 Å². The molecular weight excluding hydrogens is 436 g/mol. The third kappa shape index (κ3) is 4.71. The second-order valence-electron chi connectivity index (χ2n) is 8.53. The molecule has 0 spiro atoms. The van der Waals surface area contributed by atoms with Gasteiger partial charge in [-0.25, -0.2) is 8.42 Å². The Morgan fingerprint density at radius 3 is 2.52 bits per heavy atom. The van der Waals surface area contributed by atoms with Crippen LogP contribution in [0.3, 0.4) is 0 Å². The fourth-order valence-electron chi connectivity index (χ4n) is 4.36. The first-order valence-corrected chi connectivity index (χ1v) is 12.5. The van der Waals surface area contributed by atoms with Crippen LogP contribution in [0.4, 0.5) is 0 Å².